The highest BCUT2D eigenvalue weighted by Crippen LogP contribution is 2.52. The second kappa shape index (κ2) is 11.7. The topological polar surface area (TPSA) is 183 Å². The molecule has 42 heavy (non-hydrogen) atoms. The number of alkyl halides is 2. The molecule has 2 unspecified atom stereocenters. The molecule has 17 heteroatoms. The van der Waals surface area contributed by atoms with Gasteiger partial charge in [-0.3, -0.25) is 9.09 Å². The number of hydrogen-bond acceptors (Lipinski definition) is 13. The Bertz CT molecular complexity index is 1520. The van der Waals surface area contributed by atoms with Crippen LogP contribution >= 0.6 is 7.82 Å². The number of phosphoric acid groups is 1. The van der Waals surface area contributed by atoms with Gasteiger partial charge in [-0.05, 0) is 48.5 Å². The monoisotopic (exact) mass is 609 g/mol. The largest absolute Gasteiger partial charge is 0.587 e. The number of fused-ring (bicyclic) bond motifs is 1. The second-order valence-electron chi connectivity index (χ2n) is 9.04. The van der Waals surface area contributed by atoms with Gasteiger partial charge in [-0.25, -0.2) is 28.3 Å². The number of nitrogen functional groups attached to an aromatic ring is 1. The van der Waals surface area contributed by atoms with Crippen LogP contribution in [0.1, 0.15) is 6.23 Å². The lowest BCUT2D eigenvalue weighted by Crippen LogP contribution is -2.52. The number of aromatic nitrogens is 4. The number of nitrogens with zero attached hydrogens (tertiary/aromatic N) is 4. The lowest BCUT2D eigenvalue weighted by atomic mass is 9.96. The van der Waals surface area contributed by atoms with Crippen molar-refractivity contribution in [3.05, 3.63) is 61.2 Å². The third-order valence-electron chi connectivity index (χ3n) is 6.49. The number of hydrogen-bond donors (Lipinski definition) is 3. The van der Waals surface area contributed by atoms with E-state index in [0.717, 1.165) is 17.2 Å². The Kier molecular flexibility index (Phi) is 8.17. The van der Waals surface area contributed by atoms with E-state index >= 15 is 0 Å². The van der Waals surface area contributed by atoms with Crippen LogP contribution in [0.25, 0.3) is 11.2 Å². The van der Waals surface area contributed by atoms with Crippen molar-refractivity contribution in [3.8, 4) is 23.0 Å². The number of benzene rings is 2. The maximum atomic E-state index is 14.7. The highest BCUT2D eigenvalue weighted by Gasteiger charge is 2.62. The van der Waals surface area contributed by atoms with Crippen LogP contribution in [0.3, 0.4) is 0 Å². The van der Waals surface area contributed by atoms with Gasteiger partial charge < -0.3 is 39.2 Å². The maximum Gasteiger partial charge on any atom is 0.587 e. The summed E-state index contributed by atoms with van der Waals surface area (Å²) in [6, 6.07) is 11.6. The van der Waals surface area contributed by atoms with Gasteiger partial charge >= 0.3 is 7.82 Å². The van der Waals surface area contributed by atoms with E-state index in [9.17, 15) is 23.6 Å². The van der Waals surface area contributed by atoms with Crippen LogP contribution < -0.4 is 24.3 Å². The molecule has 1 aliphatic rings. The third-order valence-corrected chi connectivity index (χ3v) is 7.80. The molecule has 2 aromatic carbocycles. The number of ether oxygens (including phenoxy) is 3. The van der Waals surface area contributed by atoms with Crippen LogP contribution in [-0.2, 0) is 13.8 Å². The molecule has 1 saturated heterocycles. The molecule has 3 heterocycles. The van der Waals surface area contributed by atoms with Gasteiger partial charge in [-0.2, -0.15) is 0 Å². The van der Waals surface area contributed by atoms with Gasteiger partial charge in [0, 0.05) is 0 Å². The first kappa shape index (κ1) is 29.4. The van der Waals surface area contributed by atoms with Crippen LogP contribution in [0.4, 0.5) is 14.6 Å². The number of aliphatic hydroxyl groups is 2. The van der Waals surface area contributed by atoms with Crippen LogP contribution in [-0.4, -0.2) is 74.8 Å². The van der Waals surface area contributed by atoms with Crippen molar-refractivity contribution in [1.29, 1.82) is 0 Å². The molecule has 0 spiro atoms. The summed E-state index contributed by atoms with van der Waals surface area (Å²) in [5.41, 5.74) is 3.09. The minimum absolute atomic E-state index is 0.00235. The van der Waals surface area contributed by atoms with Crippen LogP contribution in [0.15, 0.2) is 61.2 Å². The molecule has 4 atom stereocenters. The molecule has 14 nitrogen and oxygen atoms in total. The highest BCUT2D eigenvalue weighted by molar-refractivity contribution is 7.49. The molecule has 4 N–H and O–H groups in total. The second-order valence-corrected chi connectivity index (χ2v) is 10.6. The fraction of sp³-hybridized carbons (Fsp3) is 0.320. The Labute approximate surface area is 237 Å². The van der Waals surface area contributed by atoms with E-state index in [1.807, 2.05) is 0 Å². The van der Waals surface area contributed by atoms with Gasteiger partial charge in [-0.15, -0.1) is 0 Å². The van der Waals surface area contributed by atoms with Crippen molar-refractivity contribution in [3.63, 3.8) is 0 Å². The number of rotatable bonds is 11. The van der Waals surface area contributed by atoms with E-state index in [4.69, 9.17) is 33.5 Å². The van der Waals surface area contributed by atoms with Gasteiger partial charge in [0.1, 0.15) is 47.1 Å². The number of phosphoric ester groups is 1. The van der Waals surface area contributed by atoms with Crippen molar-refractivity contribution >= 4 is 24.8 Å². The zero-order valence-corrected chi connectivity index (χ0v) is 23.0. The summed E-state index contributed by atoms with van der Waals surface area (Å²) in [4.78, 5) is 11.9. The minimum atomic E-state index is -4.76. The minimum Gasteiger partial charge on any atom is -0.497 e. The molecule has 1 fully saturated rings. The zero-order chi connectivity index (χ0) is 30.1. The molecule has 0 amide bonds. The molecule has 5 rings (SSSR count). The van der Waals surface area contributed by atoms with Crippen LogP contribution in [0, 0.1) is 0 Å². The number of halogens is 2. The first-order valence-corrected chi connectivity index (χ1v) is 13.7. The number of anilines is 1. The molecular weight excluding hydrogens is 583 g/mol. The van der Waals surface area contributed by atoms with E-state index in [2.05, 4.69) is 15.0 Å². The molecule has 224 valence electrons. The Balaban J connectivity index is 1.44. The smallest absolute Gasteiger partial charge is 0.497 e. The summed E-state index contributed by atoms with van der Waals surface area (Å²) in [6.45, 7) is -1.23. The number of methoxy groups -OCH3 is 2. The normalized spacial score (nSPS) is 22.4. The number of nitrogens with two attached hydrogens (primary N) is 1. The molecule has 0 bridgehead atoms. The molecule has 0 aliphatic carbocycles. The fourth-order valence-corrected chi connectivity index (χ4v) is 5.49. The van der Waals surface area contributed by atoms with E-state index < -0.39 is 44.9 Å². The lowest BCUT2D eigenvalue weighted by molar-refractivity contribution is -0.192. The summed E-state index contributed by atoms with van der Waals surface area (Å²) in [6.07, 6.45) is -6.95. The summed E-state index contributed by atoms with van der Waals surface area (Å²) in [5, 5.41) is 21.6. The van der Waals surface area contributed by atoms with Gasteiger partial charge in [0.05, 0.1) is 27.2 Å². The van der Waals surface area contributed by atoms with E-state index in [0.29, 0.717) is 11.5 Å². The molecule has 1 aliphatic heterocycles. The SMILES string of the molecule is COc1ccc(OP(=O)(OC[C@@]2(C(F)F)O[C@@H](n3cnc4c(N)ncnc43)C(O)C2O)Oc2ccc(OC)cc2)cc1. The summed E-state index contributed by atoms with van der Waals surface area (Å²) in [5.74, 6) is 0.917. The first-order chi connectivity index (χ1) is 20.1. The van der Waals surface area contributed by atoms with Crippen molar-refractivity contribution < 1.29 is 51.3 Å². The van der Waals surface area contributed by atoms with Gasteiger partial charge in [-0.1, -0.05) is 0 Å². The Morgan fingerprint density at radius 1 is 0.976 bits per heavy atom. The van der Waals surface area contributed by atoms with Crippen molar-refractivity contribution in [1.82, 2.24) is 19.5 Å². The standard InChI is InChI=1S/C25H26F2N5O9P/c1-36-14-3-7-16(8-4-14)40-42(35,41-17-9-5-15(37-2)6-10-17)38-11-25(24(26)27)20(34)19(33)23(39-25)32-13-31-18-21(28)29-12-30-22(18)32/h3-10,12-13,19-20,23-24,33-34H,11H2,1-2H3,(H2,28,29,30)/t19?,20?,23-,25-/m1/s1. The van der Waals surface area contributed by atoms with E-state index in [1.165, 1.54) is 62.8 Å². The average Bonchev–Trinajstić information content (AvgIpc) is 3.53. The third kappa shape index (κ3) is 5.54. The molecule has 4 aromatic rings. The lowest BCUT2D eigenvalue weighted by Gasteiger charge is -2.31. The Morgan fingerprint density at radius 3 is 2.05 bits per heavy atom. The molecule has 0 radical (unpaired) electrons. The Hall–Kier alpha value is -4.08. The van der Waals surface area contributed by atoms with Gasteiger partial charge in [0.15, 0.2) is 23.3 Å². The summed E-state index contributed by atoms with van der Waals surface area (Å²) in [7, 11) is -1.86. The van der Waals surface area contributed by atoms with Gasteiger partial charge in [0.25, 0.3) is 6.43 Å². The van der Waals surface area contributed by atoms with Crippen LogP contribution in [0.2, 0.25) is 0 Å². The predicted octanol–water partition coefficient (Wildman–Crippen LogP) is 2.96. The predicted molar refractivity (Wildman–Crippen MR) is 141 cm³/mol. The first-order valence-electron chi connectivity index (χ1n) is 12.3. The number of aliphatic hydroxyl groups excluding tert-OH is 2. The van der Waals surface area contributed by atoms with E-state index in [-0.39, 0.29) is 28.5 Å². The molecular formula is C25H26F2N5O9P. The molecule has 0 saturated carbocycles. The summed E-state index contributed by atoms with van der Waals surface area (Å²) < 4.78 is 76.5. The average molecular weight is 609 g/mol. The maximum absolute atomic E-state index is 14.7. The summed E-state index contributed by atoms with van der Waals surface area (Å²) >= 11 is 0. The highest BCUT2D eigenvalue weighted by atomic mass is 31.2. The van der Waals surface area contributed by atoms with Crippen molar-refractivity contribution in [2.45, 2.75) is 30.5 Å². The zero-order valence-electron chi connectivity index (χ0n) is 22.1. The molecule has 2 aromatic heterocycles. The number of imidazole rings is 1. The Morgan fingerprint density at radius 2 is 1.52 bits per heavy atom. The fourth-order valence-electron chi connectivity index (χ4n) is 4.23. The van der Waals surface area contributed by atoms with E-state index in [1.54, 1.807) is 0 Å². The van der Waals surface area contributed by atoms with Crippen LogP contribution in [0.5, 0.6) is 23.0 Å². The van der Waals surface area contributed by atoms with Crippen molar-refractivity contribution in [2.24, 2.45) is 0 Å². The quantitative estimate of drug-likeness (QED) is 0.211. The van der Waals surface area contributed by atoms with Crippen molar-refractivity contribution in [2.75, 3.05) is 26.6 Å². The van der Waals surface area contributed by atoms with Gasteiger partial charge in [0.2, 0.25) is 0 Å².